The summed E-state index contributed by atoms with van der Waals surface area (Å²) in [5.74, 6) is 1.55. The highest BCUT2D eigenvalue weighted by Crippen LogP contribution is 2.55. The third-order valence-electron chi connectivity index (χ3n) is 10.7. The molecule has 0 aromatic carbocycles. The van der Waals surface area contributed by atoms with E-state index in [4.69, 9.17) is 25.0 Å². The Bertz CT molecular complexity index is 1870. The molecule has 0 radical (unpaired) electrons. The minimum Gasteiger partial charge on any atom is -0.459 e. The number of thiophene rings is 1. The Morgan fingerprint density at radius 3 is 2.71 bits per heavy atom. The number of aryl methyl sites for hydroxylation is 1. The Kier molecular flexibility index (Phi) is 7.79. The molecule has 1 spiro atoms. The number of hydrogen-bond acceptors (Lipinski definition) is 13. The number of nitriles is 1. The van der Waals surface area contributed by atoms with Crippen LogP contribution in [-0.4, -0.2) is 97.6 Å². The molecule has 4 aliphatic rings. The number of likely N-dealkylation sites (N-methyl/N-ethyl adjacent to an activating group) is 1. The van der Waals surface area contributed by atoms with Crippen molar-refractivity contribution in [1.82, 2.24) is 39.7 Å². The molecular formula is C33H39N11O3S. The molecule has 8 rings (SSSR count). The summed E-state index contributed by atoms with van der Waals surface area (Å²) in [6.45, 7) is 5.30. The molecule has 2 N–H and O–H groups in total. The van der Waals surface area contributed by atoms with Gasteiger partial charge in [0.05, 0.1) is 11.0 Å². The maximum atomic E-state index is 12.9. The molecule has 0 bridgehead atoms. The lowest BCUT2D eigenvalue weighted by Gasteiger charge is -2.39. The lowest BCUT2D eigenvalue weighted by Crippen LogP contribution is -2.50. The first kappa shape index (κ1) is 30.8. The summed E-state index contributed by atoms with van der Waals surface area (Å²) in [4.78, 5) is 34.1. The van der Waals surface area contributed by atoms with E-state index in [1.165, 1.54) is 33.6 Å². The van der Waals surface area contributed by atoms with Crippen molar-refractivity contribution in [2.45, 2.75) is 75.9 Å². The van der Waals surface area contributed by atoms with E-state index in [-0.39, 0.29) is 18.2 Å². The Hall–Kier alpha value is -4.55. The van der Waals surface area contributed by atoms with Crippen molar-refractivity contribution in [3.05, 3.63) is 46.0 Å². The lowest BCUT2D eigenvalue weighted by molar-refractivity contribution is 0.112. The van der Waals surface area contributed by atoms with Gasteiger partial charge in [0, 0.05) is 48.7 Å². The fourth-order valence-electron chi connectivity index (χ4n) is 8.34. The van der Waals surface area contributed by atoms with Gasteiger partial charge in [-0.25, -0.2) is 9.78 Å². The summed E-state index contributed by atoms with van der Waals surface area (Å²) in [7, 11) is 2.13. The van der Waals surface area contributed by atoms with Gasteiger partial charge in [0.25, 0.3) is 0 Å². The molecule has 15 heteroatoms. The van der Waals surface area contributed by atoms with Gasteiger partial charge < -0.3 is 24.8 Å². The Morgan fingerprint density at radius 2 is 1.98 bits per heavy atom. The predicted molar refractivity (Wildman–Crippen MR) is 178 cm³/mol. The van der Waals surface area contributed by atoms with Crippen LogP contribution in [0.4, 0.5) is 15.6 Å². The number of piperazine rings is 1. The third-order valence-corrected chi connectivity index (χ3v) is 11.8. The highest BCUT2D eigenvalue weighted by atomic mass is 32.1. The molecule has 2 fully saturated rings. The van der Waals surface area contributed by atoms with Gasteiger partial charge in [0.2, 0.25) is 0 Å². The zero-order valence-corrected chi connectivity index (χ0v) is 28.1. The van der Waals surface area contributed by atoms with Crippen LogP contribution in [0.5, 0.6) is 6.01 Å². The molecule has 48 heavy (non-hydrogen) atoms. The highest BCUT2D eigenvalue weighted by molar-refractivity contribution is 7.16. The van der Waals surface area contributed by atoms with Crippen molar-refractivity contribution in [2.75, 3.05) is 50.4 Å². The molecule has 0 saturated carbocycles. The average Bonchev–Trinajstić information content (AvgIpc) is 3.91. The normalized spacial score (nSPS) is 23.1. The minimum atomic E-state index is -0.421. The second-order valence-corrected chi connectivity index (χ2v) is 14.5. The summed E-state index contributed by atoms with van der Waals surface area (Å²) in [5.41, 5.74) is 9.95. The maximum Gasteiger partial charge on any atom is 0.346 e. The molecule has 1 amide bonds. The second kappa shape index (κ2) is 12.2. The van der Waals surface area contributed by atoms with E-state index in [0.29, 0.717) is 54.1 Å². The number of hydrogen-bond donors (Lipinski definition) is 1. The van der Waals surface area contributed by atoms with E-state index in [2.05, 4.69) is 45.1 Å². The van der Waals surface area contributed by atoms with Crippen molar-refractivity contribution in [1.29, 1.82) is 5.26 Å². The molecule has 2 saturated heterocycles. The van der Waals surface area contributed by atoms with E-state index in [0.717, 1.165) is 80.6 Å². The first-order valence-corrected chi connectivity index (χ1v) is 17.6. The van der Waals surface area contributed by atoms with Gasteiger partial charge in [-0.05, 0) is 77.4 Å². The fraction of sp³-hybridized carbons (Fsp3) is 0.545. The van der Waals surface area contributed by atoms with Crippen molar-refractivity contribution >= 4 is 28.2 Å². The predicted octanol–water partition coefficient (Wildman–Crippen LogP) is 3.85. The van der Waals surface area contributed by atoms with E-state index >= 15 is 0 Å². The van der Waals surface area contributed by atoms with Crippen LogP contribution in [0, 0.1) is 11.3 Å². The summed E-state index contributed by atoms with van der Waals surface area (Å²) < 4.78 is 14.1. The van der Waals surface area contributed by atoms with E-state index in [9.17, 15) is 10.1 Å². The van der Waals surface area contributed by atoms with Gasteiger partial charge >= 0.3 is 12.0 Å². The SMILES string of the molecule is C[C@H](Oc1nc(-c2noc3c2CCC[C@@]32CCCc3sc(N)c(C#N)c32)cc(N2CCN(C(=O)n3cncn3)CC2)n1)C1CCCN1C. The number of ether oxygens (including phenoxy) is 1. The molecule has 14 nitrogen and oxygen atoms in total. The van der Waals surface area contributed by atoms with Gasteiger partial charge in [-0.15, -0.1) is 11.3 Å². The minimum absolute atomic E-state index is 0.110. The standard InChI is InChI=1S/C33H39N11O3S/c1-20(24-7-5-11-41(24)2)46-31-38-23(16-26(39-31)42-12-14-43(15-13-42)32(45)44-19-36-18-37-44)28-21-6-3-9-33(29(21)47-40-28)10-4-8-25-27(33)22(17-34)30(35)48-25/h16,18-20,24H,3-15,35H2,1-2H3/t20-,24?,33-/m0/s1. The van der Waals surface area contributed by atoms with E-state index < -0.39 is 5.41 Å². The molecule has 2 aliphatic carbocycles. The van der Waals surface area contributed by atoms with Crippen molar-refractivity contribution in [3.8, 4) is 23.5 Å². The van der Waals surface area contributed by atoms with Crippen LogP contribution in [-0.2, 0) is 18.3 Å². The first-order valence-electron chi connectivity index (χ1n) is 16.8. The molecule has 3 atom stereocenters. The van der Waals surface area contributed by atoms with Gasteiger partial charge in [-0.2, -0.15) is 25.0 Å². The van der Waals surface area contributed by atoms with Crippen molar-refractivity contribution in [3.63, 3.8) is 0 Å². The zero-order valence-electron chi connectivity index (χ0n) is 27.3. The monoisotopic (exact) mass is 669 g/mol. The molecule has 1 unspecified atom stereocenters. The number of carbonyl (C=O) groups excluding carboxylic acids is 1. The molecule has 2 aliphatic heterocycles. The van der Waals surface area contributed by atoms with Gasteiger partial charge in [-0.1, -0.05) is 5.16 Å². The smallest absolute Gasteiger partial charge is 0.346 e. The van der Waals surface area contributed by atoms with Crippen LogP contribution in [0.2, 0.25) is 0 Å². The largest absolute Gasteiger partial charge is 0.459 e. The van der Waals surface area contributed by atoms with Crippen LogP contribution >= 0.6 is 11.3 Å². The number of nitrogen functional groups attached to an aromatic ring is 1. The second-order valence-electron chi connectivity index (χ2n) is 13.4. The molecular weight excluding hydrogens is 631 g/mol. The Balaban J connectivity index is 1.15. The Labute approximate surface area is 282 Å². The quantitative estimate of drug-likeness (QED) is 0.326. The number of nitrogens with zero attached hydrogens (tertiary/aromatic N) is 10. The van der Waals surface area contributed by atoms with Crippen LogP contribution < -0.4 is 15.4 Å². The van der Waals surface area contributed by atoms with Gasteiger partial charge in [-0.3, -0.25) is 4.90 Å². The topological polar surface area (TPSA) is 168 Å². The maximum absolute atomic E-state index is 12.9. The first-order chi connectivity index (χ1) is 23.4. The number of aromatic nitrogens is 6. The summed E-state index contributed by atoms with van der Waals surface area (Å²) >= 11 is 1.54. The number of nitrogens with two attached hydrogens (primary N) is 1. The van der Waals surface area contributed by atoms with Crippen LogP contribution in [0.3, 0.4) is 0 Å². The van der Waals surface area contributed by atoms with Crippen LogP contribution in [0.25, 0.3) is 11.4 Å². The molecule has 4 aromatic rings. The molecule has 250 valence electrons. The average molecular weight is 670 g/mol. The zero-order chi connectivity index (χ0) is 33.0. The number of amides is 1. The van der Waals surface area contributed by atoms with Crippen LogP contribution in [0.1, 0.15) is 72.8 Å². The molecule has 6 heterocycles. The summed E-state index contributed by atoms with van der Waals surface area (Å²) in [5, 5.41) is 19.4. The van der Waals surface area contributed by atoms with Crippen molar-refractivity contribution < 1.29 is 14.1 Å². The number of carbonyl (C=O) groups is 1. The third kappa shape index (κ3) is 5.09. The summed E-state index contributed by atoms with van der Waals surface area (Å²) in [6.07, 6.45) is 10.3. The highest BCUT2D eigenvalue weighted by Gasteiger charge is 2.48. The number of rotatable bonds is 5. The lowest BCUT2D eigenvalue weighted by atomic mass is 9.63. The summed E-state index contributed by atoms with van der Waals surface area (Å²) in [6, 6.07) is 4.74. The molecule has 4 aromatic heterocycles. The number of fused-ring (bicyclic) bond motifs is 4. The fourth-order valence-corrected chi connectivity index (χ4v) is 9.51. The number of anilines is 2. The Morgan fingerprint density at radius 1 is 1.17 bits per heavy atom. The van der Waals surface area contributed by atoms with E-state index in [1.54, 1.807) is 4.90 Å². The van der Waals surface area contributed by atoms with Crippen LogP contribution in [0.15, 0.2) is 23.2 Å². The van der Waals surface area contributed by atoms with E-state index in [1.807, 2.05) is 6.07 Å². The van der Waals surface area contributed by atoms with Crippen molar-refractivity contribution in [2.24, 2.45) is 0 Å². The van der Waals surface area contributed by atoms with Gasteiger partial charge in [0.1, 0.15) is 47.0 Å². The number of likely N-dealkylation sites (tertiary alicyclic amines) is 1. The van der Waals surface area contributed by atoms with Gasteiger partial charge in [0.15, 0.2) is 5.76 Å².